The van der Waals surface area contributed by atoms with Gasteiger partial charge in [-0.15, -0.1) is 0 Å². The van der Waals surface area contributed by atoms with Gasteiger partial charge in [0.05, 0.1) is 17.9 Å². The first kappa shape index (κ1) is 19.8. The van der Waals surface area contributed by atoms with Crippen molar-refractivity contribution in [1.82, 2.24) is 25.6 Å². The van der Waals surface area contributed by atoms with Crippen molar-refractivity contribution in [3.63, 3.8) is 0 Å². The van der Waals surface area contributed by atoms with E-state index in [1.807, 2.05) is 25.1 Å². The van der Waals surface area contributed by atoms with Gasteiger partial charge in [0.15, 0.2) is 0 Å². The molecule has 154 valence electrons. The highest BCUT2D eigenvalue weighted by molar-refractivity contribution is 5.78. The molecule has 1 amide bonds. The Morgan fingerprint density at radius 3 is 2.83 bits per heavy atom. The van der Waals surface area contributed by atoms with Gasteiger partial charge >= 0.3 is 0 Å². The van der Waals surface area contributed by atoms with Crippen LogP contribution in [-0.4, -0.2) is 47.0 Å². The first-order chi connectivity index (χ1) is 14.2. The van der Waals surface area contributed by atoms with E-state index in [-0.39, 0.29) is 11.8 Å². The molecule has 1 atom stereocenters. The molecule has 2 saturated heterocycles. The second-order valence-corrected chi connectivity index (χ2v) is 8.04. The molecule has 2 N–H and O–H groups in total. The summed E-state index contributed by atoms with van der Waals surface area (Å²) in [6, 6.07) is 7.91. The lowest BCUT2D eigenvalue weighted by Crippen LogP contribution is -2.41. The summed E-state index contributed by atoms with van der Waals surface area (Å²) in [5.41, 5.74) is 2.04. The number of amides is 1. The van der Waals surface area contributed by atoms with Crippen LogP contribution in [0.1, 0.15) is 48.8 Å². The van der Waals surface area contributed by atoms with Crippen LogP contribution in [0.25, 0.3) is 0 Å². The van der Waals surface area contributed by atoms with Gasteiger partial charge in [-0.3, -0.25) is 9.78 Å². The molecule has 4 rings (SSSR count). The summed E-state index contributed by atoms with van der Waals surface area (Å²) in [7, 11) is 0. The summed E-state index contributed by atoms with van der Waals surface area (Å²) >= 11 is 0. The second-order valence-electron chi connectivity index (χ2n) is 8.04. The molecule has 4 heterocycles. The third-order valence-corrected chi connectivity index (χ3v) is 5.92. The molecule has 0 unspecified atom stereocenters. The van der Waals surface area contributed by atoms with Crippen LogP contribution in [0.2, 0.25) is 0 Å². The van der Waals surface area contributed by atoms with E-state index in [9.17, 15) is 4.79 Å². The third kappa shape index (κ3) is 5.09. The summed E-state index contributed by atoms with van der Waals surface area (Å²) in [4.78, 5) is 28.5. The maximum absolute atomic E-state index is 12.5. The first-order valence-corrected chi connectivity index (χ1v) is 10.7. The lowest BCUT2D eigenvalue weighted by Gasteiger charge is -2.33. The molecule has 0 aromatic carbocycles. The normalized spacial score (nSPS) is 20.4. The number of nitrogens with one attached hydrogen (secondary N) is 2. The molecule has 2 aliphatic rings. The van der Waals surface area contributed by atoms with E-state index in [1.54, 1.807) is 6.20 Å². The number of carbonyl (C=O) groups excluding carboxylic acids is 1. The van der Waals surface area contributed by atoms with Gasteiger partial charge in [0.2, 0.25) is 5.91 Å². The number of pyridine rings is 1. The van der Waals surface area contributed by atoms with Crippen molar-refractivity contribution in [2.75, 3.05) is 31.1 Å². The fourth-order valence-corrected chi connectivity index (χ4v) is 4.25. The Morgan fingerprint density at radius 2 is 2.10 bits per heavy atom. The van der Waals surface area contributed by atoms with E-state index in [4.69, 9.17) is 4.98 Å². The molecule has 2 aliphatic heterocycles. The van der Waals surface area contributed by atoms with Crippen LogP contribution in [0.5, 0.6) is 0 Å². The van der Waals surface area contributed by atoms with Gasteiger partial charge in [-0.1, -0.05) is 6.07 Å². The molecular formula is C22H30N6O. The monoisotopic (exact) mass is 394 g/mol. The fraction of sp³-hybridized carbons (Fsp3) is 0.545. The fourth-order valence-electron chi connectivity index (χ4n) is 4.25. The molecule has 0 radical (unpaired) electrons. The predicted octanol–water partition coefficient (Wildman–Crippen LogP) is 2.18. The molecular weight excluding hydrogens is 364 g/mol. The average Bonchev–Trinajstić information content (AvgIpc) is 2.78. The van der Waals surface area contributed by atoms with Gasteiger partial charge in [-0.25, -0.2) is 9.97 Å². The second kappa shape index (κ2) is 9.31. The summed E-state index contributed by atoms with van der Waals surface area (Å²) in [5.74, 6) is 2.49. The van der Waals surface area contributed by atoms with E-state index in [2.05, 4.69) is 31.6 Å². The Labute approximate surface area is 172 Å². The van der Waals surface area contributed by atoms with Gasteiger partial charge in [0.1, 0.15) is 11.6 Å². The number of nitrogens with zero attached hydrogens (tertiary/aromatic N) is 4. The van der Waals surface area contributed by atoms with Crippen LogP contribution in [0.3, 0.4) is 0 Å². The number of rotatable bonds is 5. The molecule has 7 nitrogen and oxygen atoms in total. The molecule has 2 fully saturated rings. The van der Waals surface area contributed by atoms with Gasteiger partial charge < -0.3 is 15.5 Å². The zero-order valence-corrected chi connectivity index (χ0v) is 17.1. The Balaban J connectivity index is 1.33. The maximum Gasteiger partial charge on any atom is 0.223 e. The Bertz CT molecular complexity index is 813. The number of anilines is 1. The van der Waals surface area contributed by atoms with Crippen molar-refractivity contribution >= 4 is 11.7 Å². The minimum absolute atomic E-state index is 0.0555. The number of piperidine rings is 2. The van der Waals surface area contributed by atoms with Crippen LogP contribution in [0.4, 0.5) is 5.82 Å². The zero-order chi connectivity index (χ0) is 20.1. The van der Waals surface area contributed by atoms with Gasteiger partial charge in [-0.2, -0.15) is 0 Å². The number of aryl methyl sites for hydroxylation is 1. The minimum atomic E-state index is 0.0555. The number of hydrogen-bond acceptors (Lipinski definition) is 6. The first-order valence-electron chi connectivity index (χ1n) is 10.7. The van der Waals surface area contributed by atoms with Crippen molar-refractivity contribution in [2.24, 2.45) is 5.92 Å². The lowest BCUT2D eigenvalue weighted by atomic mass is 9.94. The Kier molecular flexibility index (Phi) is 6.34. The van der Waals surface area contributed by atoms with Crippen LogP contribution in [-0.2, 0) is 11.3 Å². The van der Waals surface area contributed by atoms with Crippen molar-refractivity contribution in [2.45, 2.75) is 45.1 Å². The maximum atomic E-state index is 12.5. The molecule has 7 heteroatoms. The van der Waals surface area contributed by atoms with E-state index in [0.29, 0.717) is 12.5 Å². The van der Waals surface area contributed by atoms with Crippen molar-refractivity contribution in [3.05, 3.63) is 47.7 Å². The summed E-state index contributed by atoms with van der Waals surface area (Å²) < 4.78 is 0. The highest BCUT2D eigenvalue weighted by Crippen LogP contribution is 2.27. The zero-order valence-electron chi connectivity index (χ0n) is 17.1. The Hall–Kier alpha value is -2.54. The van der Waals surface area contributed by atoms with E-state index in [1.165, 1.54) is 12.8 Å². The quantitative estimate of drug-likeness (QED) is 0.809. The molecule has 0 spiro atoms. The molecule has 2 aromatic rings. The van der Waals surface area contributed by atoms with Gasteiger partial charge in [-0.05, 0) is 51.3 Å². The van der Waals surface area contributed by atoms with Crippen molar-refractivity contribution < 1.29 is 4.79 Å². The molecule has 0 bridgehead atoms. The standard InChI is InChI=1S/C22H30N6O/c1-16-26-20(18-5-4-9-23-14-18)13-21(27-16)28-11-7-17(8-12-28)22(29)25-15-19-6-2-3-10-24-19/h2-3,6,10,13,17-18,23H,4-5,7-9,11-12,14-15H2,1H3,(H,25,29)/t18-/m0/s1. The van der Waals surface area contributed by atoms with Crippen LogP contribution in [0.15, 0.2) is 30.5 Å². The molecule has 29 heavy (non-hydrogen) atoms. The molecule has 0 aliphatic carbocycles. The summed E-state index contributed by atoms with van der Waals surface area (Å²) in [6.07, 6.45) is 5.82. The van der Waals surface area contributed by atoms with E-state index < -0.39 is 0 Å². The molecule has 0 saturated carbocycles. The smallest absolute Gasteiger partial charge is 0.223 e. The third-order valence-electron chi connectivity index (χ3n) is 5.92. The van der Waals surface area contributed by atoms with Crippen LogP contribution < -0.4 is 15.5 Å². The summed E-state index contributed by atoms with van der Waals surface area (Å²) in [5, 5.41) is 6.50. The average molecular weight is 395 g/mol. The van der Waals surface area contributed by atoms with Gasteiger partial charge in [0.25, 0.3) is 0 Å². The number of carbonyl (C=O) groups is 1. The topological polar surface area (TPSA) is 83.0 Å². The van der Waals surface area contributed by atoms with E-state index >= 15 is 0 Å². The van der Waals surface area contributed by atoms with Crippen molar-refractivity contribution in [3.8, 4) is 0 Å². The van der Waals surface area contributed by atoms with E-state index in [0.717, 1.165) is 62.1 Å². The number of hydrogen-bond donors (Lipinski definition) is 2. The summed E-state index contributed by atoms with van der Waals surface area (Å²) in [6.45, 7) is 6.25. The Morgan fingerprint density at radius 1 is 1.24 bits per heavy atom. The highest BCUT2D eigenvalue weighted by atomic mass is 16.1. The lowest BCUT2D eigenvalue weighted by molar-refractivity contribution is -0.125. The predicted molar refractivity (Wildman–Crippen MR) is 113 cm³/mol. The largest absolute Gasteiger partial charge is 0.356 e. The highest BCUT2D eigenvalue weighted by Gasteiger charge is 2.26. The van der Waals surface area contributed by atoms with Gasteiger partial charge in [0, 0.05) is 43.7 Å². The van der Waals surface area contributed by atoms with Crippen LogP contribution >= 0.6 is 0 Å². The molecule has 2 aromatic heterocycles. The SMILES string of the molecule is Cc1nc([C@H]2CCCNC2)cc(N2CCC(C(=O)NCc3ccccn3)CC2)n1. The van der Waals surface area contributed by atoms with Crippen molar-refractivity contribution in [1.29, 1.82) is 0 Å². The number of aromatic nitrogens is 3. The minimum Gasteiger partial charge on any atom is -0.356 e. The van der Waals surface area contributed by atoms with Crippen LogP contribution in [0, 0.1) is 12.8 Å².